The summed E-state index contributed by atoms with van der Waals surface area (Å²) in [6.07, 6.45) is 1.13. The predicted molar refractivity (Wildman–Crippen MR) is 78.3 cm³/mol. The van der Waals surface area contributed by atoms with E-state index in [-0.39, 0.29) is 0 Å². The highest BCUT2D eigenvalue weighted by Crippen LogP contribution is 2.23. The van der Waals surface area contributed by atoms with Crippen molar-refractivity contribution in [3.63, 3.8) is 0 Å². The lowest BCUT2D eigenvalue weighted by Crippen LogP contribution is -2.30. The molecule has 0 fully saturated rings. The average Bonchev–Trinajstić information content (AvgIpc) is 2.86. The Bertz CT molecular complexity index is 552. The summed E-state index contributed by atoms with van der Waals surface area (Å²) in [6, 6.07) is 8.71. The number of anilines is 1. The van der Waals surface area contributed by atoms with Gasteiger partial charge in [-0.1, -0.05) is 28.8 Å². The van der Waals surface area contributed by atoms with Crippen molar-refractivity contribution in [2.75, 3.05) is 18.4 Å². The van der Waals surface area contributed by atoms with Crippen LogP contribution in [0.15, 0.2) is 24.3 Å². The van der Waals surface area contributed by atoms with Crippen LogP contribution < -0.4 is 5.32 Å². The Kier molecular flexibility index (Phi) is 3.75. The maximum absolute atomic E-state index is 4.25. The van der Waals surface area contributed by atoms with E-state index in [1.165, 1.54) is 22.7 Å². The molecule has 0 radical (unpaired) electrons. The number of benzene rings is 1. The number of aromatic nitrogens is 2. The lowest BCUT2D eigenvalue weighted by Gasteiger charge is -2.28. The van der Waals surface area contributed by atoms with Gasteiger partial charge in [-0.15, -0.1) is 5.10 Å². The molecule has 0 saturated carbocycles. The molecule has 0 spiro atoms. The first-order chi connectivity index (χ1) is 9.36. The van der Waals surface area contributed by atoms with Crippen LogP contribution in [0.1, 0.15) is 23.7 Å². The fraction of sp³-hybridized carbons (Fsp3) is 0.429. The van der Waals surface area contributed by atoms with E-state index >= 15 is 0 Å². The highest BCUT2D eigenvalue weighted by Gasteiger charge is 2.18. The normalized spacial score (nSPS) is 15.2. The van der Waals surface area contributed by atoms with Crippen molar-refractivity contribution in [1.29, 1.82) is 0 Å². The summed E-state index contributed by atoms with van der Waals surface area (Å²) >= 11 is 1.45. The molecule has 19 heavy (non-hydrogen) atoms. The second-order valence-corrected chi connectivity index (χ2v) is 5.56. The van der Waals surface area contributed by atoms with Gasteiger partial charge in [0, 0.05) is 37.7 Å². The quantitative estimate of drug-likeness (QED) is 0.930. The summed E-state index contributed by atoms with van der Waals surface area (Å²) in [5, 5.41) is 8.69. The number of nitrogens with one attached hydrogen (secondary N) is 1. The molecule has 3 rings (SSSR count). The monoisotopic (exact) mass is 274 g/mol. The SMILES string of the molecule is CCNc1snnc1CN1CCc2ccccc2C1. The number of rotatable bonds is 4. The zero-order valence-corrected chi connectivity index (χ0v) is 11.9. The number of hydrogen-bond acceptors (Lipinski definition) is 5. The van der Waals surface area contributed by atoms with Crippen molar-refractivity contribution in [3.8, 4) is 0 Å². The first-order valence-electron chi connectivity index (χ1n) is 6.71. The molecule has 2 heterocycles. The fourth-order valence-electron chi connectivity index (χ4n) is 2.51. The van der Waals surface area contributed by atoms with E-state index in [2.05, 4.69) is 51.0 Å². The summed E-state index contributed by atoms with van der Waals surface area (Å²) in [6.45, 7) is 6.01. The van der Waals surface area contributed by atoms with Crippen LogP contribution in [0.3, 0.4) is 0 Å². The van der Waals surface area contributed by atoms with E-state index in [4.69, 9.17) is 0 Å². The van der Waals surface area contributed by atoms with E-state index in [0.717, 1.165) is 43.3 Å². The Morgan fingerprint density at radius 2 is 2.16 bits per heavy atom. The van der Waals surface area contributed by atoms with Gasteiger partial charge in [-0.05, 0) is 24.5 Å². The highest BCUT2D eigenvalue weighted by molar-refractivity contribution is 7.10. The molecule has 1 aromatic carbocycles. The molecule has 100 valence electrons. The van der Waals surface area contributed by atoms with Crippen molar-refractivity contribution in [2.24, 2.45) is 0 Å². The second kappa shape index (κ2) is 5.67. The Labute approximate surface area is 117 Å². The largest absolute Gasteiger partial charge is 0.374 e. The van der Waals surface area contributed by atoms with Crippen LogP contribution in [-0.4, -0.2) is 27.6 Å². The zero-order chi connectivity index (χ0) is 13.1. The molecule has 0 unspecified atom stereocenters. The maximum atomic E-state index is 4.25. The van der Waals surface area contributed by atoms with Gasteiger partial charge in [-0.3, -0.25) is 4.90 Å². The molecule has 1 aliphatic heterocycles. The molecule has 1 aliphatic rings. The van der Waals surface area contributed by atoms with Gasteiger partial charge in [0.2, 0.25) is 0 Å². The third-order valence-electron chi connectivity index (χ3n) is 3.48. The lowest BCUT2D eigenvalue weighted by molar-refractivity contribution is 0.243. The smallest absolute Gasteiger partial charge is 0.134 e. The van der Waals surface area contributed by atoms with Gasteiger partial charge in [-0.25, -0.2) is 0 Å². The van der Waals surface area contributed by atoms with Crippen molar-refractivity contribution < 1.29 is 0 Å². The van der Waals surface area contributed by atoms with Crippen molar-refractivity contribution in [1.82, 2.24) is 14.5 Å². The molecular weight excluding hydrogens is 256 g/mol. The third-order valence-corrected chi connectivity index (χ3v) is 4.20. The van der Waals surface area contributed by atoms with Crippen LogP contribution in [0, 0.1) is 0 Å². The molecule has 0 aliphatic carbocycles. The minimum Gasteiger partial charge on any atom is -0.374 e. The number of hydrogen-bond donors (Lipinski definition) is 1. The van der Waals surface area contributed by atoms with Crippen molar-refractivity contribution in [2.45, 2.75) is 26.4 Å². The van der Waals surface area contributed by atoms with Crippen LogP contribution in [-0.2, 0) is 19.5 Å². The first-order valence-corrected chi connectivity index (χ1v) is 7.48. The molecule has 1 N–H and O–H groups in total. The van der Waals surface area contributed by atoms with Crippen LogP contribution in [0.5, 0.6) is 0 Å². The molecule has 2 aromatic rings. The summed E-state index contributed by atoms with van der Waals surface area (Å²) in [7, 11) is 0. The Balaban J connectivity index is 1.70. The van der Waals surface area contributed by atoms with E-state index in [1.807, 2.05) is 0 Å². The molecule has 0 atom stereocenters. The zero-order valence-electron chi connectivity index (χ0n) is 11.1. The van der Waals surface area contributed by atoms with Gasteiger partial charge in [0.05, 0.1) is 0 Å². The van der Waals surface area contributed by atoms with Crippen LogP contribution >= 0.6 is 11.5 Å². The van der Waals surface area contributed by atoms with Gasteiger partial charge in [-0.2, -0.15) is 0 Å². The summed E-state index contributed by atoms with van der Waals surface area (Å²) in [5.41, 5.74) is 4.01. The summed E-state index contributed by atoms with van der Waals surface area (Å²) < 4.78 is 4.05. The van der Waals surface area contributed by atoms with E-state index in [9.17, 15) is 0 Å². The standard InChI is InChI=1S/C14H18N4S/c1-2-15-14-13(16-17-19-14)10-18-8-7-11-5-3-4-6-12(11)9-18/h3-6,15H,2,7-10H2,1H3. The van der Waals surface area contributed by atoms with Crippen LogP contribution in [0.2, 0.25) is 0 Å². The third kappa shape index (κ3) is 2.77. The molecule has 0 saturated heterocycles. The van der Waals surface area contributed by atoms with Gasteiger partial charge >= 0.3 is 0 Å². The van der Waals surface area contributed by atoms with E-state index < -0.39 is 0 Å². The van der Waals surface area contributed by atoms with Gasteiger partial charge < -0.3 is 5.32 Å². The van der Waals surface area contributed by atoms with Crippen molar-refractivity contribution >= 4 is 16.5 Å². The maximum Gasteiger partial charge on any atom is 0.134 e. The first kappa shape index (κ1) is 12.6. The topological polar surface area (TPSA) is 41.1 Å². The minimum atomic E-state index is 0.882. The molecular formula is C14H18N4S. The molecule has 0 amide bonds. The summed E-state index contributed by atoms with van der Waals surface area (Å²) in [5.74, 6) is 0. The molecule has 4 nitrogen and oxygen atoms in total. The Hall–Kier alpha value is -1.46. The van der Waals surface area contributed by atoms with Crippen molar-refractivity contribution in [3.05, 3.63) is 41.1 Å². The predicted octanol–water partition coefficient (Wildman–Crippen LogP) is 2.53. The Morgan fingerprint density at radius 3 is 3.00 bits per heavy atom. The van der Waals surface area contributed by atoms with E-state index in [0.29, 0.717) is 0 Å². The minimum absolute atomic E-state index is 0.882. The van der Waals surface area contributed by atoms with Crippen LogP contribution in [0.4, 0.5) is 5.00 Å². The Morgan fingerprint density at radius 1 is 1.32 bits per heavy atom. The second-order valence-electron chi connectivity index (χ2n) is 4.81. The number of nitrogens with zero attached hydrogens (tertiary/aromatic N) is 3. The average molecular weight is 274 g/mol. The van der Waals surface area contributed by atoms with Gasteiger partial charge in [0.1, 0.15) is 10.7 Å². The van der Waals surface area contributed by atoms with Gasteiger partial charge in [0.15, 0.2) is 0 Å². The molecule has 1 aromatic heterocycles. The lowest BCUT2D eigenvalue weighted by atomic mass is 10.00. The summed E-state index contributed by atoms with van der Waals surface area (Å²) in [4.78, 5) is 2.44. The van der Waals surface area contributed by atoms with E-state index in [1.54, 1.807) is 0 Å². The fourth-order valence-corrected chi connectivity index (χ4v) is 3.15. The molecule has 5 heteroatoms. The highest BCUT2D eigenvalue weighted by atomic mass is 32.1. The number of fused-ring (bicyclic) bond motifs is 1. The molecule has 0 bridgehead atoms. The van der Waals surface area contributed by atoms with Crippen LogP contribution in [0.25, 0.3) is 0 Å². The van der Waals surface area contributed by atoms with Gasteiger partial charge in [0.25, 0.3) is 0 Å².